The molecule has 6 heteroatoms. The Morgan fingerprint density at radius 3 is 2.80 bits per heavy atom. The molecule has 1 fully saturated rings. The lowest BCUT2D eigenvalue weighted by atomic mass is 10.1. The summed E-state index contributed by atoms with van der Waals surface area (Å²) in [5.74, 6) is 0. The molecule has 0 spiro atoms. The highest BCUT2D eigenvalue weighted by atomic mass is 32.2. The monoisotopic (exact) mass is 302 g/mol. The van der Waals surface area contributed by atoms with Gasteiger partial charge < -0.3 is 14.9 Å². The van der Waals surface area contributed by atoms with Crippen LogP contribution in [0.5, 0.6) is 0 Å². The number of rotatable bonds is 6. The van der Waals surface area contributed by atoms with Crippen molar-refractivity contribution in [2.75, 3.05) is 19.5 Å². The maximum Gasteiger partial charge on any atom is 0.152 e. The van der Waals surface area contributed by atoms with Crippen LogP contribution in [0.1, 0.15) is 18.4 Å². The standard InChI is InChI=1S/C14H20O4S.H2O/c1-19(15)18-13-7-8-17-14(9-13)11-16-10-12-5-3-2-4-6-12;/h2-6,13-14H,7-11H2,1H3;1H2/t13-,14+,19?;/m1./s1. The van der Waals surface area contributed by atoms with Gasteiger partial charge in [-0.25, -0.2) is 4.21 Å². The summed E-state index contributed by atoms with van der Waals surface area (Å²) in [6.07, 6.45) is 3.15. The van der Waals surface area contributed by atoms with Gasteiger partial charge in [0.1, 0.15) is 0 Å². The first-order valence-electron chi connectivity index (χ1n) is 6.48. The Morgan fingerprint density at radius 2 is 2.10 bits per heavy atom. The summed E-state index contributed by atoms with van der Waals surface area (Å²) in [5.41, 5.74) is 1.15. The molecule has 1 saturated heterocycles. The molecular formula is C14H22O5S. The molecule has 1 aromatic carbocycles. The van der Waals surface area contributed by atoms with Gasteiger partial charge in [0.05, 0.1) is 25.4 Å². The van der Waals surface area contributed by atoms with E-state index < -0.39 is 11.1 Å². The van der Waals surface area contributed by atoms with Crippen LogP contribution < -0.4 is 0 Å². The number of hydrogen-bond donors (Lipinski definition) is 0. The maximum absolute atomic E-state index is 11.0. The molecule has 0 aromatic heterocycles. The van der Waals surface area contributed by atoms with Crippen molar-refractivity contribution in [1.82, 2.24) is 0 Å². The molecule has 0 saturated carbocycles. The molecule has 1 heterocycles. The summed E-state index contributed by atoms with van der Waals surface area (Å²) in [6.45, 7) is 1.78. The predicted molar refractivity (Wildman–Crippen MR) is 77.6 cm³/mol. The SMILES string of the molecule is CS(=O)O[C@@H]1CCO[C@H](COCc2ccccc2)C1.O. The van der Waals surface area contributed by atoms with Crippen LogP contribution in [0.15, 0.2) is 30.3 Å². The highest BCUT2D eigenvalue weighted by Gasteiger charge is 2.24. The van der Waals surface area contributed by atoms with Crippen LogP contribution in [-0.4, -0.2) is 41.4 Å². The van der Waals surface area contributed by atoms with Gasteiger partial charge in [0, 0.05) is 19.3 Å². The summed E-state index contributed by atoms with van der Waals surface area (Å²) in [5, 5.41) is 0. The second-order valence-corrected chi connectivity index (χ2v) is 5.63. The van der Waals surface area contributed by atoms with Crippen molar-refractivity contribution in [1.29, 1.82) is 0 Å². The molecule has 0 amide bonds. The summed E-state index contributed by atoms with van der Waals surface area (Å²) in [6, 6.07) is 10.1. The van der Waals surface area contributed by atoms with Crippen LogP contribution in [0.4, 0.5) is 0 Å². The first-order valence-corrected chi connectivity index (χ1v) is 7.96. The molecule has 0 bridgehead atoms. The van der Waals surface area contributed by atoms with E-state index in [1.807, 2.05) is 30.3 Å². The third-order valence-corrected chi connectivity index (χ3v) is 3.55. The number of ether oxygens (including phenoxy) is 2. The zero-order valence-electron chi connectivity index (χ0n) is 11.6. The zero-order chi connectivity index (χ0) is 13.5. The van der Waals surface area contributed by atoms with Gasteiger partial charge in [0.2, 0.25) is 0 Å². The molecule has 0 radical (unpaired) electrons. The van der Waals surface area contributed by atoms with Gasteiger partial charge >= 0.3 is 0 Å². The molecule has 114 valence electrons. The smallest absolute Gasteiger partial charge is 0.152 e. The van der Waals surface area contributed by atoms with Crippen molar-refractivity contribution in [3.05, 3.63) is 35.9 Å². The van der Waals surface area contributed by atoms with Gasteiger partial charge in [-0.1, -0.05) is 30.3 Å². The predicted octanol–water partition coefficient (Wildman–Crippen LogP) is 1.24. The molecule has 1 unspecified atom stereocenters. The minimum Gasteiger partial charge on any atom is -0.412 e. The summed E-state index contributed by atoms with van der Waals surface area (Å²) < 4.78 is 27.6. The van der Waals surface area contributed by atoms with Gasteiger partial charge in [0.15, 0.2) is 11.1 Å². The van der Waals surface area contributed by atoms with Crippen LogP contribution >= 0.6 is 0 Å². The summed E-state index contributed by atoms with van der Waals surface area (Å²) in [4.78, 5) is 0. The zero-order valence-corrected chi connectivity index (χ0v) is 12.4. The Morgan fingerprint density at radius 1 is 1.35 bits per heavy atom. The number of hydrogen-bond acceptors (Lipinski definition) is 4. The van der Waals surface area contributed by atoms with Gasteiger partial charge in [-0.2, -0.15) is 0 Å². The average molecular weight is 302 g/mol. The third-order valence-electron chi connectivity index (χ3n) is 3.01. The Labute approximate surface area is 122 Å². The maximum atomic E-state index is 11.0. The second kappa shape index (κ2) is 9.20. The van der Waals surface area contributed by atoms with Crippen LogP contribution in [0.25, 0.3) is 0 Å². The van der Waals surface area contributed by atoms with E-state index in [1.165, 1.54) is 0 Å². The largest absolute Gasteiger partial charge is 0.412 e. The highest BCUT2D eigenvalue weighted by molar-refractivity contribution is 7.79. The lowest BCUT2D eigenvalue weighted by Crippen LogP contribution is -2.34. The van der Waals surface area contributed by atoms with E-state index in [1.54, 1.807) is 6.26 Å². The van der Waals surface area contributed by atoms with Crippen molar-refractivity contribution in [3.8, 4) is 0 Å². The van der Waals surface area contributed by atoms with Gasteiger partial charge in [0.25, 0.3) is 0 Å². The van der Waals surface area contributed by atoms with E-state index in [0.717, 1.165) is 18.4 Å². The fraction of sp³-hybridized carbons (Fsp3) is 0.571. The van der Waals surface area contributed by atoms with E-state index in [-0.39, 0.29) is 17.7 Å². The molecule has 1 aliphatic rings. The second-order valence-electron chi connectivity index (χ2n) is 4.64. The molecule has 5 nitrogen and oxygen atoms in total. The molecule has 2 N–H and O–H groups in total. The van der Waals surface area contributed by atoms with E-state index in [0.29, 0.717) is 19.8 Å². The molecule has 2 rings (SSSR count). The van der Waals surface area contributed by atoms with Gasteiger partial charge in [-0.3, -0.25) is 4.18 Å². The average Bonchev–Trinajstić information content (AvgIpc) is 2.40. The normalized spacial score (nSPS) is 23.9. The van der Waals surface area contributed by atoms with Crippen molar-refractivity contribution < 1.29 is 23.3 Å². The first kappa shape index (κ1) is 17.3. The molecule has 0 aliphatic carbocycles. The van der Waals surface area contributed by atoms with Crippen LogP contribution in [0.2, 0.25) is 0 Å². The topological polar surface area (TPSA) is 76.3 Å². The fourth-order valence-corrected chi connectivity index (χ4v) is 2.68. The summed E-state index contributed by atoms with van der Waals surface area (Å²) >= 11 is -1.21. The quantitative estimate of drug-likeness (QED) is 0.792. The first-order chi connectivity index (χ1) is 9.24. The van der Waals surface area contributed by atoms with E-state index in [4.69, 9.17) is 13.7 Å². The van der Waals surface area contributed by atoms with E-state index in [2.05, 4.69) is 0 Å². The minimum absolute atomic E-state index is 0. The van der Waals surface area contributed by atoms with Crippen molar-refractivity contribution in [2.45, 2.75) is 31.7 Å². The van der Waals surface area contributed by atoms with Crippen LogP contribution in [-0.2, 0) is 31.3 Å². The van der Waals surface area contributed by atoms with Crippen LogP contribution in [0.3, 0.4) is 0 Å². The molecule has 20 heavy (non-hydrogen) atoms. The van der Waals surface area contributed by atoms with Crippen LogP contribution in [0, 0.1) is 0 Å². The molecule has 1 aromatic rings. The highest BCUT2D eigenvalue weighted by Crippen LogP contribution is 2.18. The Bertz CT molecular complexity index is 398. The van der Waals surface area contributed by atoms with E-state index >= 15 is 0 Å². The Hall–Kier alpha value is -0.790. The molecule has 1 aliphatic heterocycles. The van der Waals surface area contributed by atoms with Crippen molar-refractivity contribution in [3.63, 3.8) is 0 Å². The van der Waals surface area contributed by atoms with E-state index in [9.17, 15) is 4.21 Å². The lowest BCUT2D eigenvalue weighted by molar-refractivity contribution is -0.0734. The fourth-order valence-electron chi connectivity index (χ4n) is 2.12. The van der Waals surface area contributed by atoms with Crippen molar-refractivity contribution >= 4 is 11.1 Å². The van der Waals surface area contributed by atoms with Crippen molar-refractivity contribution in [2.24, 2.45) is 0 Å². The van der Waals surface area contributed by atoms with Gasteiger partial charge in [-0.15, -0.1) is 0 Å². The third kappa shape index (κ3) is 6.11. The molecular weight excluding hydrogens is 280 g/mol. The van der Waals surface area contributed by atoms with Gasteiger partial charge in [-0.05, 0) is 12.0 Å². The Balaban J connectivity index is 0.00000200. The molecule has 3 atom stereocenters. The number of benzene rings is 1. The Kier molecular flexibility index (Phi) is 7.94. The lowest BCUT2D eigenvalue weighted by Gasteiger charge is -2.28. The minimum atomic E-state index is -1.21. The summed E-state index contributed by atoms with van der Waals surface area (Å²) in [7, 11) is 0.